The number of rotatable bonds is 12. The second kappa shape index (κ2) is 11.8. The molecule has 0 unspecified atom stereocenters. The lowest BCUT2D eigenvalue weighted by atomic mass is 9.87. The Labute approximate surface area is 160 Å². The van der Waals surface area contributed by atoms with E-state index < -0.39 is 0 Å². The van der Waals surface area contributed by atoms with Crippen molar-refractivity contribution in [2.24, 2.45) is 14.1 Å². The van der Waals surface area contributed by atoms with Crippen molar-refractivity contribution in [3.05, 3.63) is 60.2 Å². The standard InChI is InChI=1S/C24H38N2/c1-4-5-6-7-8-9-10-11-12-13-24(22-14-18-25(2)19-15-22)23-16-20-26(3)21-17-23/h14-21,24H,4-13H2,1-3H3/q+2. The van der Waals surface area contributed by atoms with Crippen molar-refractivity contribution >= 4 is 0 Å². The van der Waals surface area contributed by atoms with Crippen LogP contribution in [0, 0.1) is 0 Å². The van der Waals surface area contributed by atoms with E-state index in [2.05, 4.69) is 79.2 Å². The Bertz CT molecular complexity index is 556. The van der Waals surface area contributed by atoms with Crippen LogP contribution in [0.1, 0.15) is 88.2 Å². The van der Waals surface area contributed by atoms with Gasteiger partial charge in [0, 0.05) is 30.2 Å². The average Bonchev–Trinajstić information content (AvgIpc) is 2.65. The van der Waals surface area contributed by atoms with Crippen LogP contribution >= 0.6 is 0 Å². The van der Waals surface area contributed by atoms with Crippen molar-refractivity contribution in [2.45, 2.75) is 77.0 Å². The summed E-state index contributed by atoms with van der Waals surface area (Å²) in [5.74, 6) is 0.516. The van der Waals surface area contributed by atoms with Crippen LogP contribution in [0.3, 0.4) is 0 Å². The lowest BCUT2D eigenvalue weighted by Gasteiger charge is -2.17. The summed E-state index contributed by atoms with van der Waals surface area (Å²) in [6.45, 7) is 2.29. The third-order valence-electron chi connectivity index (χ3n) is 5.41. The monoisotopic (exact) mass is 354 g/mol. The maximum Gasteiger partial charge on any atom is 0.168 e. The molecular weight excluding hydrogens is 316 g/mol. The molecule has 0 saturated carbocycles. The van der Waals surface area contributed by atoms with E-state index >= 15 is 0 Å². The average molecular weight is 355 g/mol. The predicted octanol–water partition coefficient (Wildman–Crippen LogP) is 5.39. The first kappa shape index (κ1) is 20.6. The number of pyridine rings is 2. The molecule has 142 valence electrons. The summed E-state index contributed by atoms with van der Waals surface area (Å²) < 4.78 is 4.23. The van der Waals surface area contributed by atoms with Crippen LogP contribution in [-0.2, 0) is 14.1 Å². The quantitative estimate of drug-likeness (QED) is 0.357. The van der Waals surface area contributed by atoms with Gasteiger partial charge in [-0.3, -0.25) is 0 Å². The zero-order chi connectivity index (χ0) is 18.6. The van der Waals surface area contributed by atoms with Gasteiger partial charge in [-0.05, 0) is 17.5 Å². The van der Waals surface area contributed by atoms with Crippen LogP contribution in [-0.4, -0.2) is 0 Å². The molecule has 2 nitrogen and oxygen atoms in total. The molecule has 0 spiro atoms. The molecule has 0 bridgehead atoms. The van der Waals surface area contributed by atoms with Crippen molar-refractivity contribution < 1.29 is 9.13 Å². The fourth-order valence-corrected chi connectivity index (χ4v) is 3.67. The molecule has 2 rings (SSSR count). The summed E-state index contributed by atoms with van der Waals surface area (Å²) in [7, 11) is 4.17. The molecule has 0 radical (unpaired) electrons. The summed E-state index contributed by atoms with van der Waals surface area (Å²) in [5, 5.41) is 0. The molecule has 0 amide bonds. The van der Waals surface area contributed by atoms with Crippen molar-refractivity contribution in [1.29, 1.82) is 0 Å². The van der Waals surface area contributed by atoms with Gasteiger partial charge in [0.1, 0.15) is 14.1 Å². The van der Waals surface area contributed by atoms with Gasteiger partial charge in [0.05, 0.1) is 0 Å². The second-order valence-electron chi connectivity index (χ2n) is 7.76. The number of nitrogens with zero attached hydrogens (tertiary/aromatic N) is 2. The van der Waals surface area contributed by atoms with Gasteiger partial charge < -0.3 is 0 Å². The van der Waals surface area contributed by atoms with Crippen molar-refractivity contribution in [2.75, 3.05) is 0 Å². The number of hydrogen-bond donors (Lipinski definition) is 0. The highest BCUT2D eigenvalue weighted by molar-refractivity contribution is 5.28. The zero-order valence-electron chi connectivity index (χ0n) is 17.2. The normalized spacial score (nSPS) is 11.2. The molecular formula is C24H38N2+2. The van der Waals surface area contributed by atoms with E-state index in [1.165, 1.54) is 75.3 Å². The van der Waals surface area contributed by atoms with E-state index in [0.29, 0.717) is 5.92 Å². The van der Waals surface area contributed by atoms with Gasteiger partial charge in [-0.15, -0.1) is 0 Å². The zero-order valence-corrected chi connectivity index (χ0v) is 17.2. The van der Waals surface area contributed by atoms with Gasteiger partial charge in [-0.2, -0.15) is 0 Å². The van der Waals surface area contributed by atoms with Crippen molar-refractivity contribution in [3.8, 4) is 0 Å². The minimum absolute atomic E-state index is 0.516. The first-order chi connectivity index (χ1) is 12.7. The Hall–Kier alpha value is -1.70. The summed E-state index contributed by atoms with van der Waals surface area (Å²) in [6, 6.07) is 9.13. The molecule has 0 aliphatic heterocycles. The molecule has 0 aliphatic rings. The highest BCUT2D eigenvalue weighted by Gasteiger charge is 2.16. The second-order valence-corrected chi connectivity index (χ2v) is 7.76. The van der Waals surface area contributed by atoms with Gasteiger partial charge in [0.15, 0.2) is 24.8 Å². The molecule has 0 N–H and O–H groups in total. The van der Waals surface area contributed by atoms with Gasteiger partial charge >= 0.3 is 0 Å². The minimum atomic E-state index is 0.516. The molecule has 0 atom stereocenters. The molecule has 26 heavy (non-hydrogen) atoms. The highest BCUT2D eigenvalue weighted by Crippen LogP contribution is 2.29. The lowest BCUT2D eigenvalue weighted by Crippen LogP contribution is -2.27. The lowest BCUT2D eigenvalue weighted by molar-refractivity contribution is -0.671. The Morgan fingerprint density at radius 1 is 0.615 bits per heavy atom. The van der Waals surface area contributed by atoms with Crippen LogP contribution in [0.2, 0.25) is 0 Å². The van der Waals surface area contributed by atoms with Crippen LogP contribution in [0.15, 0.2) is 49.1 Å². The predicted molar refractivity (Wildman–Crippen MR) is 109 cm³/mol. The number of hydrogen-bond acceptors (Lipinski definition) is 0. The topological polar surface area (TPSA) is 7.76 Å². The van der Waals surface area contributed by atoms with Gasteiger partial charge in [-0.1, -0.05) is 64.7 Å². The molecule has 0 saturated heterocycles. The van der Waals surface area contributed by atoms with E-state index in [1.807, 2.05) is 0 Å². The van der Waals surface area contributed by atoms with Crippen molar-refractivity contribution in [3.63, 3.8) is 0 Å². The first-order valence-electron chi connectivity index (χ1n) is 10.6. The maximum atomic E-state index is 2.29. The summed E-state index contributed by atoms with van der Waals surface area (Å²) in [4.78, 5) is 0. The molecule has 2 heterocycles. The Morgan fingerprint density at radius 3 is 1.42 bits per heavy atom. The van der Waals surface area contributed by atoms with E-state index in [4.69, 9.17) is 0 Å². The van der Waals surface area contributed by atoms with Crippen LogP contribution in [0.5, 0.6) is 0 Å². The molecule has 0 aromatic carbocycles. The van der Waals surface area contributed by atoms with E-state index in [1.54, 1.807) is 0 Å². The Morgan fingerprint density at radius 2 is 1.00 bits per heavy atom. The van der Waals surface area contributed by atoms with E-state index in [-0.39, 0.29) is 0 Å². The van der Waals surface area contributed by atoms with Crippen LogP contribution in [0.4, 0.5) is 0 Å². The fraction of sp³-hybridized carbons (Fsp3) is 0.583. The third-order valence-corrected chi connectivity index (χ3v) is 5.41. The van der Waals surface area contributed by atoms with Crippen molar-refractivity contribution in [1.82, 2.24) is 0 Å². The van der Waals surface area contributed by atoms with Crippen LogP contribution < -0.4 is 9.13 Å². The molecule has 0 fully saturated rings. The van der Waals surface area contributed by atoms with Gasteiger partial charge in [0.2, 0.25) is 0 Å². The third kappa shape index (κ3) is 7.27. The fourth-order valence-electron chi connectivity index (χ4n) is 3.67. The summed E-state index contributed by atoms with van der Waals surface area (Å²) >= 11 is 0. The Balaban J connectivity index is 1.83. The summed E-state index contributed by atoms with van der Waals surface area (Å²) in [5.41, 5.74) is 2.88. The maximum absolute atomic E-state index is 2.29. The largest absolute Gasteiger partial charge is 0.208 e. The molecule has 2 aromatic rings. The Kier molecular flexibility index (Phi) is 9.38. The van der Waals surface area contributed by atoms with E-state index in [0.717, 1.165) is 0 Å². The van der Waals surface area contributed by atoms with Gasteiger partial charge in [-0.25, -0.2) is 9.13 Å². The molecule has 0 aliphatic carbocycles. The van der Waals surface area contributed by atoms with E-state index in [9.17, 15) is 0 Å². The first-order valence-corrected chi connectivity index (χ1v) is 10.6. The smallest absolute Gasteiger partial charge is 0.168 e. The van der Waals surface area contributed by atoms with Gasteiger partial charge in [0.25, 0.3) is 0 Å². The molecule has 2 aromatic heterocycles. The number of unbranched alkanes of at least 4 members (excludes halogenated alkanes) is 8. The SMILES string of the molecule is CCCCCCCCCCCC(c1cc[n+](C)cc1)c1cc[n+](C)cc1. The number of aryl methyl sites for hydroxylation is 2. The van der Waals surface area contributed by atoms with Crippen LogP contribution in [0.25, 0.3) is 0 Å². The molecule has 2 heteroatoms. The highest BCUT2D eigenvalue weighted by atomic mass is 14.9. The minimum Gasteiger partial charge on any atom is -0.208 e. The summed E-state index contributed by atoms with van der Waals surface area (Å²) in [6.07, 6.45) is 22.4. The number of aromatic nitrogens is 2.